The van der Waals surface area contributed by atoms with Crippen LogP contribution in [0.5, 0.6) is 0 Å². The van der Waals surface area contributed by atoms with Crippen molar-refractivity contribution in [3.8, 4) is 0 Å². The van der Waals surface area contributed by atoms with Crippen molar-refractivity contribution in [2.75, 3.05) is 13.2 Å². The zero-order valence-electron chi connectivity index (χ0n) is 9.08. The normalized spacial score (nSPS) is 11.1. The minimum atomic E-state index is -0.202. The van der Waals surface area contributed by atoms with Gasteiger partial charge in [-0.1, -0.05) is 37.6 Å². The third-order valence-corrected chi connectivity index (χ3v) is 2.04. The molecule has 0 aromatic heterocycles. The monoisotopic (exact) mass is 208 g/mol. The Labute approximate surface area is 90.6 Å². The van der Waals surface area contributed by atoms with Gasteiger partial charge in [0.2, 0.25) is 0 Å². The van der Waals surface area contributed by atoms with Gasteiger partial charge in [0.15, 0.2) is 0 Å². The molecule has 0 aliphatic rings. The van der Waals surface area contributed by atoms with E-state index in [0.717, 1.165) is 25.0 Å². The van der Waals surface area contributed by atoms with E-state index < -0.39 is 0 Å². The van der Waals surface area contributed by atoms with E-state index in [9.17, 15) is 4.39 Å². The van der Waals surface area contributed by atoms with Crippen LogP contribution in [0.15, 0.2) is 30.3 Å². The fraction of sp³-hybridized carbons (Fsp3) is 0.385. The topological polar surface area (TPSA) is 9.23 Å². The van der Waals surface area contributed by atoms with Crippen molar-refractivity contribution in [3.63, 3.8) is 0 Å². The molecule has 0 aliphatic heterocycles. The van der Waals surface area contributed by atoms with Crippen LogP contribution in [0.4, 0.5) is 4.39 Å². The molecule has 0 atom stereocenters. The van der Waals surface area contributed by atoms with Crippen LogP contribution in [0.1, 0.15) is 25.3 Å². The summed E-state index contributed by atoms with van der Waals surface area (Å²) in [6.07, 6.45) is 6.14. The molecule has 0 radical (unpaired) electrons. The molecule has 0 N–H and O–H groups in total. The molecule has 0 saturated heterocycles. The van der Waals surface area contributed by atoms with Crippen molar-refractivity contribution in [2.24, 2.45) is 0 Å². The fourth-order valence-corrected chi connectivity index (χ4v) is 1.16. The van der Waals surface area contributed by atoms with Crippen LogP contribution in [-0.4, -0.2) is 13.2 Å². The second kappa shape index (κ2) is 7.18. The summed E-state index contributed by atoms with van der Waals surface area (Å²) in [7, 11) is 0. The highest BCUT2D eigenvalue weighted by Gasteiger charge is 1.88. The van der Waals surface area contributed by atoms with Gasteiger partial charge >= 0.3 is 0 Å². The van der Waals surface area contributed by atoms with Crippen LogP contribution < -0.4 is 0 Å². The van der Waals surface area contributed by atoms with Gasteiger partial charge < -0.3 is 4.74 Å². The Morgan fingerprint density at radius 3 is 2.67 bits per heavy atom. The molecule has 0 heterocycles. The van der Waals surface area contributed by atoms with Crippen LogP contribution in [0.2, 0.25) is 0 Å². The van der Waals surface area contributed by atoms with E-state index in [1.54, 1.807) is 12.1 Å². The Hall–Kier alpha value is -1.15. The van der Waals surface area contributed by atoms with Gasteiger partial charge in [-0.25, -0.2) is 4.39 Å². The standard InChI is InChI=1S/C13H17FO/c1-2-3-10-15-11-4-5-12-6-8-13(14)9-7-12/h4-9H,2-3,10-11H2,1H3/b5-4+. The molecule has 82 valence electrons. The van der Waals surface area contributed by atoms with Gasteiger partial charge in [-0.05, 0) is 24.1 Å². The van der Waals surface area contributed by atoms with Gasteiger partial charge in [-0.2, -0.15) is 0 Å². The maximum atomic E-state index is 12.6. The van der Waals surface area contributed by atoms with Gasteiger partial charge in [0.1, 0.15) is 5.82 Å². The lowest BCUT2D eigenvalue weighted by atomic mass is 10.2. The van der Waals surface area contributed by atoms with Crippen molar-refractivity contribution < 1.29 is 9.13 Å². The molecule has 0 aliphatic carbocycles. The molecule has 0 amide bonds. The first-order chi connectivity index (χ1) is 7.33. The smallest absolute Gasteiger partial charge is 0.123 e. The molecule has 1 aromatic rings. The molecule has 0 spiro atoms. The SMILES string of the molecule is CCCCOC/C=C/c1ccc(F)cc1. The van der Waals surface area contributed by atoms with E-state index in [-0.39, 0.29) is 5.82 Å². The van der Waals surface area contributed by atoms with Crippen LogP contribution in [0, 0.1) is 5.82 Å². The number of rotatable bonds is 6. The predicted molar refractivity (Wildman–Crippen MR) is 61.2 cm³/mol. The number of hydrogen-bond acceptors (Lipinski definition) is 1. The van der Waals surface area contributed by atoms with E-state index in [1.165, 1.54) is 12.1 Å². The Morgan fingerprint density at radius 2 is 2.00 bits per heavy atom. The molecule has 1 aromatic carbocycles. The number of unbranched alkanes of at least 4 members (excludes halogenated alkanes) is 1. The lowest BCUT2D eigenvalue weighted by Gasteiger charge is -1.98. The van der Waals surface area contributed by atoms with Crippen LogP contribution >= 0.6 is 0 Å². The minimum Gasteiger partial charge on any atom is -0.377 e. The molecule has 0 fully saturated rings. The van der Waals surface area contributed by atoms with Crippen LogP contribution in [-0.2, 0) is 4.74 Å². The Kier molecular flexibility index (Phi) is 5.71. The second-order valence-corrected chi connectivity index (χ2v) is 3.38. The average molecular weight is 208 g/mol. The number of halogens is 1. The largest absolute Gasteiger partial charge is 0.377 e. The van der Waals surface area contributed by atoms with Crippen molar-refractivity contribution in [3.05, 3.63) is 41.7 Å². The zero-order valence-corrected chi connectivity index (χ0v) is 9.08. The van der Waals surface area contributed by atoms with Crippen molar-refractivity contribution in [1.29, 1.82) is 0 Å². The van der Waals surface area contributed by atoms with Gasteiger partial charge in [-0.3, -0.25) is 0 Å². The Morgan fingerprint density at radius 1 is 1.27 bits per heavy atom. The Balaban J connectivity index is 2.23. The van der Waals surface area contributed by atoms with Crippen molar-refractivity contribution in [1.82, 2.24) is 0 Å². The quantitative estimate of drug-likeness (QED) is 0.648. The molecule has 1 rings (SSSR count). The maximum Gasteiger partial charge on any atom is 0.123 e. The number of benzene rings is 1. The van der Waals surface area contributed by atoms with E-state index in [2.05, 4.69) is 6.92 Å². The summed E-state index contributed by atoms with van der Waals surface area (Å²) < 4.78 is 17.9. The summed E-state index contributed by atoms with van der Waals surface area (Å²) in [4.78, 5) is 0. The van der Waals surface area contributed by atoms with Gasteiger partial charge in [0.25, 0.3) is 0 Å². The highest BCUT2D eigenvalue weighted by atomic mass is 19.1. The molecule has 15 heavy (non-hydrogen) atoms. The number of ether oxygens (including phenoxy) is 1. The predicted octanol–water partition coefficient (Wildman–Crippen LogP) is 3.66. The number of hydrogen-bond donors (Lipinski definition) is 0. The third-order valence-electron chi connectivity index (χ3n) is 2.04. The third kappa shape index (κ3) is 5.33. The Bertz CT molecular complexity index is 290. The molecule has 0 unspecified atom stereocenters. The van der Waals surface area contributed by atoms with Crippen LogP contribution in [0.3, 0.4) is 0 Å². The molecule has 2 heteroatoms. The maximum absolute atomic E-state index is 12.6. The summed E-state index contributed by atoms with van der Waals surface area (Å²) in [6, 6.07) is 6.41. The molecule has 0 saturated carbocycles. The van der Waals surface area contributed by atoms with E-state index >= 15 is 0 Å². The van der Waals surface area contributed by atoms with Crippen molar-refractivity contribution >= 4 is 6.08 Å². The first-order valence-corrected chi connectivity index (χ1v) is 5.33. The lowest BCUT2D eigenvalue weighted by molar-refractivity contribution is 0.159. The zero-order chi connectivity index (χ0) is 10.9. The van der Waals surface area contributed by atoms with Gasteiger partial charge in [0, 0.05) is 6.61 Å². The average Bonchev–Trinajstić information content (AvgIpc) is 2.26. The van der Waals surface area contributed by atoms with Crippen LogP contribution in [0.25, 0.3) is 6.08 Å². The summed E-state index contributed by atoms with van der Waals surface area (Å²) in [5, 5.41) is 0. The van der Waals surface area contributed by atoms with Gasteiger partial charge in [-0.15, -0.1) is 0 Å². The first-order valence-electron chi connectivity index (χ1n) is 5.33. The molecule has 0 bridgehead atoms. The summed E-state index contributed by atoms with van der Waals surface area (Å²) in [6.45, 7) is 3.57. The first kappa shape index (κ1) is 11.9. The molecular formula is C13H17FO. The van der Waals surface area contributed by atoms with Gasteiger partial charge in [0.05, 0.1) is 6.61 Å². The van der Waals surface area contributed by atoms with E-state index in [4.69, 9.17) is 4.74 Å². The summed E-state index contributed by atoms with van der Waals surface area (Å²) in [5.41, 5.74) is 0.996. The molecule has 1 nitrogen and oxygen atoms in total. The fourth-order valence-electron chi connectivity index (χ4n) is 1.16. The molecular weight excluding hydrogens is 191 g/mol. The van der Waals surface area contributed by atoms with E-state index in [1.807, 2.05) is 12.2 Å². The van der Waals surface area contributed by atoms with E-state index in [0.29, 0.717) is 6.61 Å². The lowest BCUT2D eigenvalue weighted by Crippen LogP contribution is -1.92. The minimum absolute atomic E-state index is 0.202. The summed E-state index contributed by atoms with van der Waals surface area (Å²) in [5.74, 6) is -0.202. The highest BCUT2D eigenvalue weighted by molar-refractivity contribution is 5.48. The highest BCUT2D eigenvalue weighted by Crippen LogP contribution is 2.04. The summed E-state index contributed by atoms with van der Waals surface area (Å²) >= 11 is 0. The second-order valence-electron chi connectivity index (χ2n) is 3.38. The van der Waals surface area contributed by atoms with Crippen molar-refractivity contribution in [2.45, 2.75) is 19.8 Å².